The Bertz CT molecular complexity index is 1020. The Labute approximate surface area is 213 Å². The molecule has 2 fully saturated rings. The van der Waals surface area contributed by atoms with Crippen LogP contribution in [0.25, 0.3) is 0 Å². The number of benzene rings is 2. The predicted octanol–water partition coefficient (Wildman–Crippen LogP) is 3.24. The molecule has 0 N–H and O–H groups in total. The molecule has 194 valence electrons. The van der Waals surface area contributed by atoms with Crippen molar-refractivity contribution in [3.8, 4) is 5.75 Å². The summed E-state index contributed by atoms with van der Waals surface area (Å²) in [5.41, 5.74) is 1.48. The van der Waals surface area contributed by atoms with Crippen molar-refractivity contribution >= 4 is 17.5 Å². The summed E-state index contributed by atoms with van der Waals surface area (Å²) in [6.45, 7) is 7.41. The van der Waals surface area contributed by atoms with Crippen molar-refractivity contribution in [1.29, 1.82) is 0 Å². The third-order valence-electron chi connectivity index (χ3n) is 7.25. The molecule has 2 aromatic rings. The maximum atomic E-state index is 14.4. The van der Waals surface area contributed by atoms with Crippen molar-refractivity contribution in [2.75, 3.05) is 64.4 Å². The molecule has 7 nitrogen and oxygen atoms in total. The fourth-order valence-corrected chi connectivity index (χ4v) is 5.04. The fourth-order valence-electron chi connectivity index (χ4n) is 5.04. The molecule has 0 saturated carbocycles. The summed E-state index contributed by atoms with van der Waals surface area (Å²) in [4.78, 5) is 33.8. The lowest BCUT2D eigenvalue weighted by atomic mass is 9.95. The van der Waals surface area contributed by atoms with Crippen LogP contribution in [0.5, 0.6) is 5.75 Å². The van der Waals surface area contributed by atoms with E-state index in [2.05, 4.69) is 9.80 Å². The third kappa shape index (κ3) is 6.42. The topological polar surface area (TPSA) is 56.3 Å². The minimum Gasteiger partial charge on any atom is -0.493 e. The number of hydrogen-bond donors (Lipinski definition) is 0. The van der Waals surface area contributed by atoms with E-state index in [1.165, 1.54) is 6.07 Å². The smallest absolute Gasteiger partial charge is 0.236 e. The highest BCUT2D eigenvalue weighted by atomic mass is 19.1. The summed E-state index contributed by atoms with van der Waals surface area (Å²) in [7, 11) is 1.83. The second-order valence-electron chi connectivity index (χ2n) is 9.59. The molecule has 2 aromatic carbocycles. The molecule has 2 amide bonds. The van der Waals surface area contributed by atoms with Crippen molar-refractivity contribution in [3.63, 3.8) is 0 Å². The summed E-state index contributed by atoms with van der Waals surface area (Å²) < 4.78 is 20.0. The first kappa shape index (κ1) is 26.1. The Kier molecular flexibility index (Phi) is 8.93. The van der Waals surface area contributed by atoms with Crippen LogP contribution in [-0.2, 0) is 16.1 Å². The third-order valence-corrected chi connectivity index (χ3v) is 7.25. The lowest BCUT2D eigenvalue weighted by Gasteiger charge is -2.37. The number of nitrogens with zero attached hydrogens (tertiary/aromatic N) is 4. The SMILES string of the molecule is CCOc1cccc(F)c1CN1CCN(C(=O)CN2CCC(C(=O)N(C)c3ccccc3)CC2)CC1. The lowest BCUT2D eigenvalue weighted by molar-refractivity contribution is -0.134. The summed E-state index contributed by atoms with van der Waals surface area (Å²) in [5.74, 6) is 0.599. The maximum absolute atomic E-state index is 14.4. The van der Waals surface area contributed by atoms with Gasteiger partial charge in [-0.3, -0.25) is 19.4 Å². The molecule has 0 aromatic heterocycles. The number of para-hydroxylation sites is 1. The number of hydrogen-bond acceptors (Lipinski definition) is 5. The summed E-state index contributed by atoms with van der Waals surface area (Å²) in [6, 6.07) is 14.6. The summed E-state index contributed by atoms with van der Waals surface area (Å²) in [5, 5.41) is 0. The van der Waals surface area contributed by atoms with Crippen molar-refractivity contribution in [3.05, 3.63) is 59.9 Å². The molecular weight excluding hydrogens is 459 g/mol. The number of likely N-dealkylation sites (tertiary alicyclic amines) is 1. The van der Waals surface area contributed by atoms with Gasteiger partial charge in [-0.05, 0) is 57.1 Å². The van der Waals surface area contributed by atoms with Gasteiger partial charge >= 0.3 is 0 Å². The molecule has 2 aliphatic heterocycles. The van der Waals surface area contributed by atoms with Crippen LogP contribution in [0.15, 0.2) is 48.5 Å². The zero-order chi connectivity index (χ0) is 25.5. The Morgan fingerprint density at radius 3 is 2.31 bits per heavy atom. The maximum Gasteiger partial charge on any atom is 0.236 e. The van der Waals surface area contributed by atoms with E-state index in [-0.39, 0.29) is 23.5 Å². The van der Waals surface area contributed by atoms with Crippen molar-refractivity contribution in [2.24, 2.45) is 5.92 Å². The molecule has 2 aliphatic rings. The zero-order valence-electron chi connectivity index (χ0n) is 21.4. The second kappa shape index (κ2) is 12.3. The van der Waals surface area contributed by atoms with Gasteiger partial charge < -0.3 is 14.5 Å². The van der Waals surface area contributed by atoms with Gasteiger partial charge in [-0.15, -0.1) is 0 Å². The van der Waals surface area contributed by atoms with Gasteiger partial charge in [0.15, 0.2) is 0 Å². The van der Waals surface area contributed by atoms with E-state index in [0.29, 0.717) is 57.2 Å². The van der Waals surface area contributed by atoms with Crippen molar-refractivity contribution in [2.45, 2.75) is 26.3 Å². The average Bonchev–Trinajstić information content (AvgIpc) is 2.91. The average molecular weight is 497 g/mol. The van der Waals surface area contributed by atoms with E-state index in [1.54, 1.807) is 17.0 Å². The number of piperidine rings is 1. The van der Waals surface area contributed by atoms with Gasteiger partial charge in [0.2, 0.25) is 11.8 Å². The van der Waals surface area contributed by atoms with Gasteiger partial charge in [-0.25, -0.2) is 4.39 Å². The molecule has 0 aliphatic carbocycles. The van der Waals surface area contributed by atoms with Crippen LogP contribution in [0.4, 0.5) is 10.1 Å². The van der Waals surface area contributed by atoms with Crippen LogP contribution in [0.3, 0.4) is 0 Å². The minimum absolute atomic E-state index is 0.00920. The Balaban J connectivity index is 1.21. The van der Waals surface area contributed by atoms with Crippen LogP contribution in [0.1, 0.15) is 25.3 Å². The molecule has 0 radical (unpaired) electrons. The number of carbonyl (C=O) groups is 2. The van der Waals surface area contributed by atoms with E-state index in [9.17, 15) is 14.0 Å². The molecule has 0 spiro atoms. The van der Waals surface area contributed by atoms with E-state index in [4.69, 9.17) is 4.74 Å². The van der Waals surface area contributed by atoms with Gasteiger partial charge in [0, 0.05) is 56.9 Å². The monoisotopic (exact) mass is 496 g/mol. The largest absolute Gasteiger partial charge is 0.493 e. The molecular formula is C28H37FN4O3. The van der Waals surface area contributed by atoms with Gasteiger partial charge in [-0.1, -0.05) is 24.3 Å². The molecule has 0 unspecified atom stereocenters. The first-order valence-electron chi connectivity index (χ1n) is 12.9. The molecule has 2 heterocycles. The van der Waals surface area contributed by atoms with E-state index in [0.717, 1.165) is 31.6 Å². The minimum atomic E-state index is -0.253. The van der Waals surface area contributed by atoms with Gasteiger partial charge in [-0.2, -0.15) is 0 Å². The zero-order valence-corrected chi connectivity index (χ0v) is 21.4. The Morgan fingerprint density at radius 2 is 1.64 bits per heavy atom. The molecule has 2 saturated heterocycles. The highest BCUT2D eigenvalue weighted by molar-refractivity contribution is 5.94. The second-order valence-corrected chi connectivity index (χ2v) is 9.59. The summed E-state index contributed by atoms with van der Waals surface area (Å²) in [6.07, 6.45) is 1.53. The standard InChI is InChI=1S/C28H37FN4O3/c1-3-36-26-11-7-10-25(29)24(26)20-32-16-18-33(19-17-32)27(34)21-31-14-12-22(13-15-31)28(35)30(2)23-8-5-4-6-9-23/h4-11,22H,3,12-21H2,1-2H3. The van der Waals surface area contributed by atoms with Crippen LogP contribution in [-0.4, -0.2) is 86.0 Å². The highest BCUT2D eigenvalue weighted by Crippen LogP contribution is 2.25. The van der Waals surface area contributed by atoms with E-state index < -0.39 is 0 Å². The van der Waals surface area contributed by atoms with Gasteiger partial charge in [0.1, 0.15) is 11.6 Å². The number of anilines is 1. The number of rotatable bonds is 8. The lowest BCUT2D eigenvalue weighted by Crippen LogP contribution is -2.52. The first-order chi connectivity index (χ1) is 17.5. The number of halogens is 1. The number of amides is 2. The number of carbonyl (C=O) groups excluding carboxylic acids is 2. The van der Waals surface area contributed by atoms with Gasteiger partial charge in [0.25, 0.3) is 0 Å². The molecule has 0 bridgehead atoms. The normalized spacial score (nSPS) is 17.7. The van der Waals surface area contributed by atoms with Crippen LogP contribution >= 0.6 is 0 Å². The van der Waals surface area contributed by atoms with Crippen LogP contribution in [0, 0.1) is 11.7 Å². The molecule has 8 heteroatoms. The predicted molar refractivity (Wildman–Crippen MR) is 138 cm³/mol. The first-order valence-corrected chi connectivity index (χ1v) is 12.9. The Hall–Kier alpha value is -2.97. The molecule has 4 rings (SSSR count). The molecule has 36 heavy (non-hydrogen) atoms. The van der Waals surface area contributed by atoms with Crippen LogP contribution < -0.4 is 9.64 Å². The van der Waals surface area contributed by atoms with Crippen molar-refractivity contribution < 1.29 is 18.7 Å². The summed E-state index contributed by atoms with van der Waals surface area (Å²) >= 11 is 0. The van der Waals surface area contributed by atoms with Crippen LogP contribution in [0.2, 0.25) is 0 Å². The Morgan fingerprint density at radius 1 is 0.944 bits per heavy atom. The number of ether oxygens (including phenoxy) is 1. The van der Waals surface area contributed by atoms with E-state index >= 15 is 0 Å². The van der Waals surface area contributed by atoms with Gasteiger partial charge in [0.05, 0.1) is 13.2 Å². The quantitative estimate of drug-likeness (QED) is 0.562. The van der Waals surface area contributed by atoms with Crippen molar-refractivity contribution in [1.82, 2.24) is 14.7 Å². The highest BCUT2D eigenvalue weighted by Gasteiger charge is 2.30. The van der Waals surface area contributed by atoms with E-state index in [1.807, 2.05) is 49.2 Å². The fraction of sp³-hybridized carbons (Fsp3) is 0.500. The number of piperazine rings is 1. The molecule has 0 atom stereocenters.